The predicted molar refractivity (Wildman–Crippen MR) is 159 cm³/mol. The number of rotatable bonds is 6. The Kier molecular flexibility index (Phi) is 7.92. The van der Waals surface area contributed by atoms with Gasteiger partial charge in [0.05, 0.1) is 18.4 Å². The Morgan fingerprint density at radius 2 is 1.77 bits per heavy atom. The van der Waals surface area contributed by atoms with Crippen molar-refractivity contribution in [2.45, 2.75) is 109 Å². The van der Waals surface area contributed by atoms with Crippen LogP contribution in [0, 0.1) is 16.7 Å². The molecule has 3 aliphatic carbocycles. The molecule has 0 spiro atoms. The largest absolute Gasteiger partial charge is 0.396 e. The Balaban J connectivity index is 1.44. The predicted octanol–water partition coefficient (Wildman–Crippen LogP) is 5.56. The first-order chi connectivity index (χ1) is 18.8. The number of carbonyl (C=O) groups is 2. The number of amides is 2. The van der Waals surface area contributed by atoms with Crippen LogP contribution in [0.4, 0.5) is 5.13 Å². The summed E-state index contributed by atoms with van der Waals surface area (Å²) in [6.45, 7) is 10.5. The molecule has 1 aromatic carbocycles. The van der Waals surface area contributed by atoms with Crippen LogP contribution in [0.15, 0.2) is 24.3 Å². The van der Waals surface area contributed by atoms with Crippen molar-refractivity contribution in [1.29, 1.82) is 0 Å². The summed E-state index contributed by atoms with van der Waals surface area (Å²) in [5.74, 6) is -0.339. The molecule has 0 saturated heterocycles. The molecule has 2 amide bonds. The summed E-state index contributed by atoms with van der Waals surface area (Å²) in [5, 5.41) is 28.3. The topological polar surface area (TPSA) is 112 Å². The number of nitrogens with zero attached hydrogens (tertiary/aromatic N) is 1. The van der Waals surface area contributed by atoms with Gasteiger partial charge >= 0.3 is 0 Å². The second-order valence-electron chi connectivity index (χ2n) is 13.9. The number of anilines is 1. The molecule has 3 aliphatic rings. The van der Waals surface area contributed by atoms with Crippen LogP contribution in [-0.2, 0) is 16.6 Å². The van der Waals surface area contributed by atoms with Crippen molar-refractivity contribution in [3.05, 3.63) is 46.0 Å². The first-order valence-corrected chi connectivity index (χ1v) is 15.7. The minimum Gasteiger partial charge on any atom is -0.396 e. The Hall–Kier alpha value is -2.29. The van der Waals surface area contributed by atoms with E-state index in [0.717, 1.165) is 48.2 Å². The highest BCUT2D eigenvalue weighted by atomic mass is 32.1. The molecule has 2 aromatic rings. The maximum Gasteiger partial charge on any atom is 0.257 e. The van der Waals surface area contributed by atoms with Crippen LogP contribution in [0.1, 0.15) is 112 Å². The molecule has 5 rings (SSSR count). The van der Waals surface area contributed by atoms with Crippen molar-refractivity contribution in [2.24, 2.45) is 16.7 Å². The summed E-state index contributed by atoms with van der Waals surface area (Å²) >= 11 is 1.46. The smallest absolute Gasteiger partial charge is 0.257 e. The average molecular weight is 568 g/mol. The van der Waals surface area contributed by atoms with Crippen molar-refractivity contribution in [3.63, 3.8) is 0 Å². The summed E-state index contributed by atoms with van der Waals surface area (Å²) in [6.07, 6.45) is 6.08. The summed E-state index contributed by atoms with van der Waals surface area (Å²) < 4.78 is 0. The molecule has 40 heavy (non-hydrogen) atoms. The lowest BCUT2D eigenvalue weighted by molar-refractivity contribution is -0.144. The molecule has 2 fully saturated rings. The standard InChI is InChI=1S/C32H45N3O4S/c1-30(2,3)20-12-10-19(11-13-20)28(39)35-29-34-27-22(16-26(38)33-21-8-6-7-9-21)31(4)15-14-25(37)32(5,18-36)24(31)17-23(27)40-29/h10-13,21-22,24-25,36-37H,6-9,14-18H2,1-5H3,(H,33,38)(H,34,35,39)/t22-,24+,25-,31+,32+/m1/s1. The monoisotopic (exact) mass is 567 g/mol. The van der Waals surface area contributed by atoms with E-state index in [4.69, 9.17) is 4.98 Å². The number of carbonyl (C=O) groups excluding carboxylic acids is 2. The fraction of sp³-hybridized carbons (Fsp3) is 0.656. The molecular formula is C32H45N3O4S. The Labute approximate surface area is 242 Å². The van der Waals surface area contributed by atoms with Gasteiger partial charge < -0.3 is 15.5 Å². The van der Waals surface area contributed by atoms with E-state index < -0.39 is 11.5 Å². The van der Waals surface area contributed by atoms with Crippen molar-refractivity contribution in [2.75, 3.05) is 11.9 Å². The lowest BCUT2D eigenvalue weighted by Crippen LogP contribution is -2.57. The highest BCUT2D eigenvalue weighted by molar-refractivity contribution is 7.15. The normalized spacial score (nSPS) is 30.4. The van der Waals surface area contributed by atoms with E-state index >= 15 is 0 Å². The minimum atomic E-state index is -0.674. The summed E-state index contributed by atoms with van der Waals surface area (Å²) in [5.41, 5.74) is 1.65. The molecule has 1 heterocycles. The van der Waals surface area contributed by atoms with Crippen molar-refractivity contribution >= 4 is 28.3 Å². The molecule has 4 N–H and O–H groups in total. The van der Waals surface area contributed by atoms with E-state index in [1.54, 1.807) is 0 Å². The molecule has 5 atom stereocenters. The molecule has 0 aliphatic heterocycles. The molecule has 8 heteroatoms. The van der Waals surface area contributed by atoms with Crippen LogP contribution in [0.2, 0.25) is 0 Å². The van der Waals surface area contributed by atoms with Gasteiger partial charge in [-0.15, -0.1) is 11.3 Å². The number of aromatic nitrogens is 1. The van der Waals surface area contributed by atoms with E-state index in [-0.39, 0.29) is 47.1 Å². The number of aliphatic hydroxyl groups is 2. The van der Waals surface area contributed by atoms with Gasteiger partial charge in [-0.3, -0.25) is 14.9 Å². The number of benzene rings is 1. The van der Waals surface area contributed by atoms with Gasteiger partial charge in [-0.2, -0.15) is 0 Å². The number of nitrogens with one attached hydrogen (secondary N) is 2. The Morgan fingerprint density at radius 1 is 1.10 bits per heavy atom. The highest BCUT2D eigenvalue weighted by Gasteiger charge is 2.59. The minimum absolute atomic E-state index is 0.00592. The third-order valence-corrected chi connectivity index (χ3v) is 11.2. The Morgan fingerprint density at radius 3 is 2.40 bits per heavy atom. The lowest BCUT2D eigenvalue weighted by Gasteiger charge is -2.58. The van der Waals surface area contributed by atoms with Gasteiger partial charge in [0.2, 0.25) is 5.91 Å². The van der Waals surface area contributed by atoms with E-state index in [9.17, 15) is 19.8 Å². The number of hydrogen-bond donors (Lipinski definition) is 4. The van der Waals surface area contributed by atoms with Gasteiger partial charge in [0.25, 0.3) is 5.91 Å². The van der Waals surface area contributed by atoms with Gasteiger partial charge in [0, 0.05) is 34.2 Å². The van der Waals surface area contributed by atoms with Crippen LogP contribution < -0.4 is 10.6 Å². The third-order valence-electron chi connectivity index (χ3n) is 10.2. The molecular weight excluding hydrogens is 522 g/mol. The zero-order chi connectivity index (χ0) is 28.9. The molecule has 2 saturated carbocycles. The van der Waals surface area contributed by atoms with Crippen molar-refractivity contribution < 1.29 is 19.8 Å². The number of thiazole rings is 1. The second kappa shape index (κ2) is 10.8. The van der Waals surface area contributed by atoms with Crippen LogP contribution >= 0.6 is 11.3 Å². The maximum atomic E-state index is 13.4. The molecule has 0 bridgehead atoms. The molecule has 218 valence electrons. The summed E-state index contributed by atoms with van der Waals surface area (Å²) in [4.78, 5) is 32.5. The summed E-state index contributed by atoms with van der Waals surface area (Å²) in [6, 6.07) is 7.93. The van der Waals surface area contributed by atoms with Gasteiger partial charge in [-0.25, -0.2) is 4.98 Å². The van der Waals surface area contributed by atoms with Crippen LogP contribution in [0.5, 0.6) is 0 Å². The van der Waals surface area contributed by atoms with Crippen molar-refractivity contribution in [1.82, 2.24) is 10.3 Å². The first-order valence-electron chi connectivity index (χ1n) is 14.8. The van der Waals surface area contributed by atoms with Crippen LogP contribution in [-0.4, -0.2) is 45.8 Å². The fourth-order valence-electron chi connectivity index (χ4n) is 7.53. The van der Waals surface area contributed by atoms with E-state index in [0.29, 0.717) is 30.0 Å². The van der Waals surface area contributed by atoms with Gasteiger partial charge in [0.1, 0.15) is 0 Å². The van der Waals surface area contributed by atoms with Gasteiger partial charge in [-0.1, -0.05) is 59.6 Å². The third kappa shape index (κ3) is 5.35. The Bertz CT molecular complexity index is 1250. The second-order valence-corrected chi connectivity index (χ2v) is 15.0. The van der Waals surface area contributed by atoms with Crippen molar-refractivity contribution in [3.8, 4) is 0 Å². The molecule has 0 unspecified atom stereocenters. The van der Waals surface area contributed by atoms with Crippen LogP contribution in [0.25, 0.3) is 0 Å². The zero-order valence-electron chi connectivity index (χ0n) is 24.5. The SMILES string of the molecule is CC(C)(C)c1ccc(C(=O)Nc2nc3c(s2)C[C@@H]2[C@](C)(CO)[C@H](O)CC[C@@]2(C)[C@@H]3CC(=O)NC2CCCC2)cc1. The maximum absolute atomic E-state index is 13.4. The first kappa shape index (κ1) is 29.2. The van der Waals surface area contributed by atoms with E-state index in [2.05, 4.69) is 38.3 Å². The molecule has 1 aromatic heterocycles. The zero-order valence-corrected chi connectivity index (χ0v) is 25.4. The number of hydrogen-bond acceptors (Lipinski definition) is 6. The van der Waals surface area contributed by atoms with Gasteiger partial charge in [0.15, 0.2) is 5.13 Å². The molecule has 7 nitrogen and oxygen atoms in total. The number of aliphatic hydroxyl groups excluding tert-OH is 2. The molecule has 0 radical (unpaired) electrons. The van der Waals surface area contributed by atoms with Gasteiger partial charge in [-0.05, 0) is 66.5 Å². The quantitative estimate of drug-likeness (QED) is 0.365. The fourth-order valence-corrected chi connectivity index (χ4v) is 8.60. The van der Waals surface area contributed by atoms with E-state index in [1.807, 2.05) is 31.2 Å². The summed E-state index contributed by atoms with van der Waals surface area (Å²) in [7, 11) is 0. The van der Waals surface area contributed by atoms with E-state index in [1.165, 1.54) is 11.3 Å². The number of fused-ring (bicyclic) bond motifs is 2. The van der Waals surface area contributed by atoms with Crippen LogP contribution in [0.3, 0.4) is 0 Å². The lowest BCUT2D eigenvalue weighted by atomic mass is 9.47. The average Bonchev–Trinajstić information content (AvgIpc) is 3.56. The highest BCUT2D eigenvalue weighted by Crippen LogP contribution is 2.62.